The molecule has 1 saturated heterocycles. The van der Waals surface area contributed by atoms with Gasteiger partial charge >= 0.3 is 18.1 Å². The third-order valence-electron chi connectivity index (χ3n) is 6.71. The van der Waals surface area contributed by atoms with Crippen LogP contribution in [0.15, 0.2) is 41.5 Å². The summed E-state index contributed by atoms with van der Waals surface area (Å²) in [5.74, 6) is -12.1. The molecular formula is C24H24F3N3O9. The van der Waals surface area contributed by atoms with E-state index in [0.29, 0.717) is 6.08 Å². The first kappa shape index (κ1) is 28.1. The molecule has 2 aliphatic carbocycles. The van der Waals surface area contributed by atoms with E-state index >= 15 is 0 Å². The third kappa shape index (κ3) is 4.72. The van der Waals surface area contributed by atoms with Crippen molar-refractivity contribution >= 4 is 23.5 Å². The Labute approximate surface area is 218 Å². The van der Waals surface area contributed by atoms with Gasteiger partial charge in [-0.25, -0.2) is 9.59 Å². The van der Waals surface area contributed by atoms with Gasteiger partial charge in [-0.2, -0.15) is 23.1 Å². The van der Waals surface area contributed by atoms with Gasteiger partial charge in [-0.1, -0.05) is 26.0 Å². The molecular weight excluding hydrogens is 531 g/mol. The Balaban J connectivity index is 1.91. The molecule has 1 aliphatic heterocycles. The second-order valence-corrected chi connectivity index (χ2v) is 9.41. The number of hydrogen-bond donors (Lipinski definition) is 4. The van der Waals surface area contributed by atoms with Crippen molar-refractivity contribution in [2.45, 2.75) is 32.1 Å². The molecule has 1 aromatic carbocycles. The number of aliphatic hydroxyl groups is 1. The van der Waals surface area contributed by atoms with Crippen LogP contribution < -0.4 is 11.2 Å². The number of hydrogen-bond acceptors (Lipinski definition) is 12. The Morgan fingerprint density at radius 1 is 1.21 bits per heavy atom. The molecule has 0 bridgehead atoms. The van der Waals surface area contributed by atoms with E-state index in [1.54, 1.807) is 0 Å². The summed E-state index contributed by atoms with van der Waals surface area (Å²) in [5, 5.41) is 22.1. The minimum atomic E-state index is -5.47. The molecule has 3 atom stereocenters. The summed E-state index contributed by atoms with van der Waals surface area (Å²) in [6.07, 6.45) is -4.69. The van der Waals surface area contributed by atoms with Gasteiger partial charge in [0.05, 0.1) is 29.7 Å². The predicted molar refractivity (Wildman–Crippen MR) is 122 cm³/mol. The molecule has 15 heteroatoms. The molecule has 39 heavy (non-hydrogen) atoms. The van der Waals surface area contributed by atoms with Crippen molar-refractivity contribution in [2.75, 3.05) is 13.2 Å². The molecule has 0 radical (unpaired) electrons. The Kier molecular flexibility index (Phi) is 7.18. The molecule has 3 aliphatic rings. The van der Waals surface area contributed by atoms with Crippen molar-refractivity contribution in [3.05, 3.63) is 52.6 Å². The van der Waals surface area contributed by atoms with E-state index < -0.39 is 81.6 Å². The number of alkyl halides is 3. The van der Waals surface area contributed by atoms with E-state index in [1.807, 2.05) is 0 Å². The van der Waals surface area contributed by atoms with Crippen LogP contribution in [-0.2, 0) is 24.1 Å². The molecule has 0 spiro atoms. The molecule has 1 aromatic rings. The van der Waals surface area contributed by atoms with E-state index in [1.165, 1.54) is 26.0 Å². The van der Waals surface area contributed by atoms with Gasteiger partial charge in [0, 0.05) is 18.2 Å². The summed E-state index contributed by atoms with van der Waals surface area (Å²) in [7, 11) is 0. The number of aliphatic hydroxyl groups excluding tert-OH is 1. The minimum Gasteiger partial charge on any atom is -0.511 e. The maximum atomic E-state index is 13.7. The number of nitrogens with zero attached hydrogens (tertiary/aromatic N) is 1. The number of phenolic OH excluding ortho intramolecular Hbond substituents is 1. The molecule has 5 N–H and O–H groups in total. The first-order chi connectivity index (χ1) is 18.2. The number of allylic oxidation sites excluding steroid dienone is 3. The van der Waals surface area contributed by atoms with Crippen molar-refractivity contribution < 1.29 is 57.1 Å². The number of hydrazine groups is 1. The minimum absolute atomic E-state index is 0.0849. The van der Waals surface area contributed by atoms with E-state index in [2.05, 4.69) is 10.2 Å². The number of phenols is 1. The van der Waals surface area contributed by atoms with Gasteiger partial charge in [0.15, 0.2) is 23.0 Å². The van der Waals surface area contributed by atoms with Crippen molar-refractivity contribution in [1.82, 2.24) is 10.4 Å². The number of nitrogens with one attached hydrogen (secondary N) is 1. The number of esters is 1. The first-order valence-electron chi connectivity index (χ1n) is 11.7. The average molecular weight is 555 g/mol. The van der Waals surface area contributed by atoms with Crippen molar-refractivity contribution in [3.63, 3.8) is 0 Å². The van der Waals surface area contributed by atoms with Crippen LogP contribution in [0.2, 0.25) is 0 Å². The van der Waals surface area contributed by atoms with E-state index in [0.717, 1.165) is 11.1 Å². The smallest absolute Gasteiger partial charge is 0.491 e. The fourth-order valence-corrected chi connectivity index (χ4v) is 4.63. The number of fused-ring (bicyclic) bond motifs is 2. The lowest BCUT2D eigenvalue weighted by atomic mass is 9.69. The number of benzene rings is 1. The molecule has 1 heterocycles. The van der Waals surface area contributed by atoms with Crippen LogP contribution in [0.5, 0.6) is 5.75 Å². The summed E-state index contributed by atoms with van der Waals surface area (Å²) < 4.78 is 43.9. The van der Waals surface area contributed by atoms with E-state index in [9.17, 15) is 42.6 Å². The molecule has 0 saturated carbocycles. The number of aromatic hydroxyl groups is 1. The SMILES string of the molecule is CC(C)[C@]1(N)C(=O)OOCCCN1NC1=C(OC(=O)C(F)(F)F)C=C(O)C2C(=O)c3cccc(O)c3C(=O)C12. The largest absolute Gasteiger partial charge is 0.511 e. The van der Waals surface area contributed by atoms with Crippen LogP contribution in [0.4, 0.5) is 13.2 Å². The van der Waals surface area contributed by atoms with E-state index in [4.69, 9.17) is 15.5 Å². The van der Waals surface area contributed by atoms with Crippen molar-refractivity contribution in [2.24, 2.45) is 23.5 Å². The lowest BCUT2D eigenvalue weighted by Crippen LogP contribution is -2.70. The number of carbonyl (C=O) groups excluding carboxylic acids is 4. The lowest BCUT2D eigenvalue weighted by Gasteiger charge is -2.45. The fourth-order valence-electron chi connectivity index (χ4n) is 4.63. The number of carbonyl (C=O) groups is 4. The Morgan fingerprint density at radius 3 is 2.54 bits per heavy atom. The molecule has 0 aromatic heterocycles. The van der Waals surface area contributed by atoms with Gasteiger partial charge in [0.1, 0.15) is 11.5 Å². The monoisotopic (exact) mass is 555 g/mol. The standard InChI is InChI=1S/C24H24F3N3O9/c1-10(2)23(28)21(35)39-37-8-4-7-30(23)29-18-14(38-22(36)24(25,26)27)9-13(32)16-17(18)20(34)15-11(19(16)33)5-3-6-12(15)31/h3,5-6,9-10,16-17,29,31-32H,4,7-8,28H2,1-2H3/t16?,17?,23-/m1/s1. The van der Waals surface area contributed by atoms with Crippen LogP contribution >= 0.6 is 0 Å². The van der Waals surface area contributed by atoms with Crippen LogP contribution in [0, 0.1) is 17.8 Å². The van der Waals surface area contributed by atoms with E-state index in [-0.39, 0.29) is 25.1 Å². The summed E-state index contributed by atoms with van der Waals surface area (Å²) in [6.45, 7) is 2.90. The van der Waals surface area contributed by atoms with Gasteiger partial charge in [-0.05, 0) is 18.4 Å². The predicted octanol–water partition coefficient (Wildman–Crippen LogP) is 1.77. The highest BCUT2D eigenvalue weighted by molar-refractivity contribution is 6.19. The van der Waals surface area contributed by atoms with Crippen LogP contribution in [0.1, 0.15) is 41.0 Å². The van der Waals surface area contributed by atoms with Gasteiger partial charge in [0.25, 0.3) is 0 Å². The zero-order valence-corrected chi connectivity index (χ0v) is 20.6. The zero-order chi connectivity index (χ0) is 28.9. The van der Waals surface area contributed by atoms with Gasteiger partial charge in [-0.3, -0.25) is 14.5 Å². The second-order valence-electron chi connectivity index (χ2n) is 9.41. The number of Topliss-reactive ketones (excluding diaryl/α,β-unsaturated/α-hetero) is 2. The lowest BCUT2D eigenvalue weighted by molar-refractivity contribution is -0.291. The fraction of sp³-hybridized carbons (Fsp3) is 0.417. The van der Waals surface area contributed by atoms with Gasteiger partial charge < -0.3 is 26.1 Å². The van der Waals surface area contributed by atoms with Gasteiger partial charge in [0.2, 0.25) is 0 Å². The quantitative estimate of drug-likeness (QED) is 0.313. The molecule has 1 fully saturated rings. The second kappa shape index (κ2) is 9.98. The number of halogens is 3. The maximum Gasteiger partial charge on any atom is 0.491 e. The summed E-state index contributed by atoms with van der Waals surface area (Å²) >= 11 is 0. The highest BCUT2D eigenvalue weighted by Crippen LogP contribution is 2.44. The Hall–Kier alpha value is -3.95. The number of nitrogens with two attached hydrogens (primary N) is 1. The zero-order valence-electron chi connectivity index (χ0n) is 20.6. The van der Waals surface area contributed by atoms with Crippen LogP contribution in [-0.4, -0.2) is 63.7 Å². The van der Waals surface area contributed by atoms with Gasteiger partial charge in [-0.15, -0.1) is 0 Å². The maximum absolute atomic E-state index is 13.7. The highest BCUT2D eigenvalue weighted by atomic mass is 19.4. The Morgan fingerprint density at radius 2 is 1.90 bits per heavy atom. The number of ether oxygens (including phenoxy) is 1. The molecule has 4 rings (SSSR count). The van der Waals surface area contributed by atoms with Crippen LogP contribution in [0.25, 0.3) is 0 Å². The van der Waals surface area contributed by atoms with Crippen molar-refractivity contribution in [3.8, 4) is 5.75 Å². The van der Waals surface area contributed by atoms with Crippen molar-refractivity contribution in [1.29, 1.82) is 0 Å². The average Bonchev–Trinajstić information content (AvgIpc) is 2.84. The highest BCUT2D eigenvalue weighted by Gasteiger charge is 2.53. The summed E-state index contributed by atoms with van der Waals surface area (Å²) in [5.41, 5.74) is 5.75. The number of ketones is 2. The Bertz CT molecular complexity index is 1310. The first-order valence-corrected chi connectivity index (χ1v) is 11.7. The third-order valence-corrected chi connectivity index (χ3v) is 6.71. The molecule has 210 valence electrons. The summed E-state index contributed by atoms with van der Waals surface area (Å²) in [6, 6.07) is 3.67. The molecule has 12 nitrogen and oxygen atoms in total. The molecule has 2 unspecified atom stereocenters. The molecule has 0 amide bonds. The normalized spacial score (nSPS) is 26.2. The topological polar surface area (TPSA) is 178 Å². The summed E-state index contributed by atoms with van der Waals surface area (Å²) in [4.78, 5) is 61.2. The number of rotatable bonds is 4. The van der Waals surface area contributed by atoms with Crippen LogP contribution in [0.3, 0.4) is 0 Å².